The van der Waals surface area contributed by atoms with Crippen molar-refractivity contribution in [3.63, 3.8) is 0 Å². The summed E-state index contributed by atoms with van der Waals surface area (Å²) >= 11 is 6.37. The lowest BCUT2D eigenvalue weighted by atomic mass is 10.1. The van der Waals surface area contributed by atoms with Crippen molar-refractivity contribution in [2.75, 3.05) is 19.0 Å². The van der Waals surface area contributed by atoms with Gasteiger partial charge in [0.2, 0.25) is 0 Å². The molecule has 1 aliphatic rings. The van der Waals surface area contributed by atoms with E-state index in [0.717, 1.165) is 12.8 Å². The van der Waals surface area contributed by atoms with Gasteiger partial charge in [-0.1, -0.05) is 24.4 Å². The number of urea groups is 1. The molecule has 15 heteroatoms. The van der Waals surface area contributed by atoms with Gasteiger partial charge in [-0.05, 0) is 61.4 Å². The van der Waals surface area contributed by atoms with Crippen LogP contribution in [-0.4, -0.2) is 50.4 Å². The maximum Gasteiger partial charge on any atom is 0.416 e. The monoisotopic (exact) mass is 652 g/mol. The molecule has 0 bridgehead atoms. The Hall–Kier alpha value is -4.33. The summed E-state index contributed by atoms with van der Waals surface area (Å²) < 4.78 is 87.4. The summed E-state index contributed by atoms with van der Waals surface area (Å²) in [5.41, 5.74) is -2.36. The number of amides is 2. The van der Waals surface area contributed by atoms with Crippen molar-refractivity contribution in [3.8, 4) is 28.5 Å². The van der Waals surface area contributed by atoms with E-state index in [1.165, 1.54) is 12.0 Å². The Balaban J connectivity index is 1.46. The number of nitrogens with one attached hydrogen (secondary N) is 1. The molecule has 5 rings (SSSR count). The van der Waals surface area contributed by atoms with Gasteiger partial charge in [0.05, 0.1) is 29.8 Å². The number of methoxy groups -OCH3 is 1. The van der Waals surface area contributed by atoms with Gasteiger partial charge < -0.3 is 15.0 Å². The van der Waals surface area contributed by atoms with E-state index in [2.05, 4.69) is 15.4 Å². The first kappa shape index (κ1) is 32.1. The average molecular weight is 653 g/mol. The molecule has 238 valence electrons. The van der Waals surface area contributed by atoms with Crippen LogP contribution in [0.2, 0.25) is 5.02 Å². The van der Waals surface area contributed by atoms with E-state index in [-0.39, 0.29) is 25.2 Å². The average Bonchev–Trinajstić information content (AvgIpc) is 3.68. The first-order chi connectivity index (χ1) is 21.3. The van der Waals surface area contributed by atoms with E-state index in [1.54, 1.807) is 47.4 Å². The second kappa shape index (κ2) is 13.0. The number of hydrogen-bond acceptors (Lipinski definition) is 5. The largest absolute Gasteiger partial charge is 0.495 e. The second-order valence-electron chi connectivity index (χ2n) is 10.4. The topological polar surface area (TPSA) is 85.2 Å². The molecular formula is C30H27ClF6N6O2. The normalized spacial score (nSPS) is 14.0. The Morgan fingerprint density at radius 3 is 2.20 bits per heavy atom. The van der Waals surface area contributed by atoms with Gasteiger partial charge in [0.1, 0.15) is 5.75 Å². The Labute approximate surface area is 259 Å². The lowest BCUT2D eigenvalue weighted by Gasteiger charge is -2.29. The standard InChI is InChI=1S/C30H27ClF6N6O2/c1-45-25-7-6-19(14-24(25)31)27-40-26(18-8-10-38-11-9-18)41-43(27)13-12-42(23-4-2-3-5-23)28(44)39-22-16-20(29(32,33)34)15-21(17-22)30(35,36)37/h6-11,14-17,23H,2-5,12-13H2,1H3,(H,39,44). The third kappa shape index (κ3) is 7.49. The Bertz CT molecular complexity index is 1620. The van der Waals surface area contributed by atoms with Gasteiger partial charge in [0.25, 0.3) is 0 Å². The molecule has 0 atom stereocenters. The zero-order chi connectivity index (χ0) is 32.4. The molecule has 0 radical (unpaired) electrons. The Morgan fingerprint density at radius 2 is 1.62 bits per heavy atom. The van der Waals surface area contributed by atoms with Crippen LogP contribution >= 0.6 is 11.6 Å². The van der Waals surface area contributed by atoms with Crippen molar-refractivity contribution < 1.29 is 35.9 Å². The highest BCUT2D eigenvalue weighted by Gasteiger charge is 2.37. The van der Waals surface area contributed by atoms with Crippen LogP contribution < -0.4 is 10.1 Å². The molecule has 0 saturated heterocycles. The van der Waals surface area contributed by atoms with E-state index in [1.807, 2.05) is 0 Å². The van der Waals surface area contributed by atoms with Gasteiger partial charge in [0, 0.05) is 41.8 Å². The van der Waals surface area contributed by atoms with Gasteiger partial charge in [-0.25, -0.2) is 14.5 Å². The molecule has 0 aliphatic heterocycles. The molecule has 4 aromatic rings. The summed E-state index contributed by atoms with van der Waals surface area (Å²) in [4.78, 5) is 23.6. The fraction of sp³-hybridized carbons (Fsp3) is 0.333. The van der Waals surface area contributed by atoms with Gasteiger partial charge in [-0.2, -0.15) is 31.4 Å². The highest BCUT2D eigenvalue weighted by molar-refractivity contribution is 6.32. The quantitative estimate of drug-likeness (QED) is 0.194. The van der Waals surface area contributed by atoms with Crippen LogP contribution in [-0.2, 0) is 18.9 Å². The summed E-state index contributed by atoms with van der Waals surface area (Å²) in [5, 5.41) is 7.26. The predicted octanol–water partition coefficient (Wildman–Crippen LogP) is 8.18. The zero-order valence-corrected chi connectivity index (χ0v) is 24.5. The number of ether oxygens (including phenoxy) is 1. The second-order valence-corrected chi connectivity index (χ2v) is 10.8. The number of anilines is 1. The first-order valence-corrected chi connectivity index (χ1v) is 14.3. The number of alkyl halides is 6. The molecule has 2 aromatic heterocycles. The molecule has 0 spiro atoms. The molecule has 2 heterocycles. The molecule has 1 aliphatic carbocycles. The molecule has 2 amide bonds. The highest BCUT2D eigenvalue weighted by Crippen LogP contribution is 2.38. The number of benzene rings is 2. The molecule has 1 N–H and O–H groups in total. The van der Waals surface area contributed by atoms with Crippen LogP contribution in [0.1, 0.15) is 36.8 Å². The highest BCUT2D eigenvalue weighted by atomic mass is 35.5. The molecular weight excluding hydrogens is 626 g/mol. The van der Waals surface area contributed by atoms with Crippen LogP contribution in [0.25, 0.3) is 22.8 Å². The van der Waals surface area contributed by atoms with E-state index < -0.39 is 35.2 Å². The minimum Gasteiger partial charge on any atom is -0.495 e. The number of hydrogen-bond donors (Lipinski definition) is 1. The zero-order valence-electron chi connectivity index (χ0n) is 23.8. The number of halogens is 7. The summed E-state index contributed by atoms with van der Waals surface area (Å²) in [6, 6.07) is 8.43. The number of rotatable bonds is 8. The number of carbonyl (C=O) groups is 1. The first-order valence-electron chi connectivity index (χ1n) is 13.9. The fourth-order valence-corrected chi connectivity index (χ4v) is 5.49. The van der Waals surface area contributed by atoms with Crippen molar-refractivity contribution in [1.29, 1.82) is 0 Å². The summed E-state index contributed by atoms with van der Waals surface area (Å²) in [5.74, 6) is 1.25. The van der Waals surface area contributed by atoms with Crippen LogP contribution in [0.4, 0.5) is 36.8 Å². The molecule has 45 heavy (non-hydrogen) atoms. The third-order valence-electron chi connectivity index (χ3n) is 7.44. The van der Waals surface area contributed by atoms with E-state index in [9.17, 15) is 31.1 Å². The number of carbonyl (C=O) groups excluding carboxylic acids is 1. The van der Waals surface area contributed by atoms with Crippen molar-refractivity contribution in [3.05, 3.63) is 77.1 Å². The minimum atomic E-state index is -5.05. The van der Waals surface area contributed by atoms with Crippen LogP contribution in [0, 0.1) is 0 Å². The van der Waals surface area contributed by atoms with E-state index >= 15 is 0 Å². The molecule has 0 unspecified atom stereocenters. The summed E-state index contributed by atoms with van der Waals surface area (Å²) in [6.07, 6.45) is -4.02. The van der Waals surface area contributed by atoms with Crippen molar-refractivity contribution in [1.82, 2.24) is 24.6 Å². The number of aromatic nitrogens is 4. The van der Waals surface area contributed by atoms with Crippen LogP contribution in [0.5, 0.6) is 5.75 Å². The molecule has 8 nitrogen and oxygen atoms in total. The van der Waals surface area contributed by atoms with Gasteiger partial charge in [-0.3, -0.25) is 4.98 Å². The van der Waals surface area contributed by atoms with Gasteiger partial charge in [0.15, 0.2) is 11.6 Å². The van der Waals surface area contributed by atoms with Crippen LogP contribution in [0.3, 0.4) is 0 Å². The Kier molecular flexibility index (Phi) is 9.23. The summed E-state index contributed by atoms with van der Waals surface area (Å²) in [6.45, 7) is 0.148. The minimum absolute atomic E-state index is 0.0163. The van der Waals surface area contributed by atoms with Crippen molar-refractivity contribution >= 4 is 23.3 Å². The Morgan fingerprint density at radius 1 is 0.978 bits per heavy atom. The lowest BCUT2D eigenvalue weighted by Crippen LogP contribution is -2.43. The van der Waals surface area contributed by atoms with Crippen molar-refractivity contribution in [2.24, 2.45) is 0 Å². The smallest absolute Gasteiger partial charge is 0.416 e. The third-order valence-corrected chi connectivity index (χ3v) is 7.73. The molecule has 2 aromatic carbocycles. The number of pyridine rings is 1. The predicted molar refractivity (Wildman–Crippen MR) is 155 cm³/mol. The maximum atomic E-state index is 13.5. The lowest BCUT2D eigenvalue weighted by molar-refractivity contribution is -0.143. The fourth-order valence-electron chi connectivity index (χ4n) is 5.23. The molecule has 1 fully saturated rings. The van der Waals surface area contributed by atoms with E-state index in [0.29, 0.717) is 58.5 Å². The molecule has 1 saturated carbocycles. The van der Waals surface area contributed by atoms with E-state index in [4.69, 9.17) is 21.3 Å². The SMILES string of the molecule is COc1ccc(-c2nc(-c3ccncc3)nn2CCN(C(=O)Nc2cc(C(F)(F)F)cc(C(F)(F)F)c2)C2CCCC2)cc1Cl. The van der Waals surface area contributed by atoms with Gasteiger partial charge in [-0.15, -0.1) is 0 Å². The van der Waals surface area contributed by atoms with Crippen molar-refractivity contribution in [2.45, 2.75) is 50.6 Å². The number of nitrogens with zero attached hydrogens (tertiary/aromatic N) is 5. The van der Waals surface area contributed by atoms with Gasteiger partial charge >= 0.3 is 18.4 Å². The van der Waals surface area contributed by atoms with Crippen LogP contribution in [0.15, 0.2) is 60.9 Å². The summed E-state index contributed by atoms with van der Waals surface area (Å²) in [7, 11) is 1.48. The maximum absolute atomic E-state index is 13.5.